The maximum absolute atomic E-state index is 13.3. The summed E-state index contributed by atoms with van der Waals surface area (Å²) in [6, 6.07) is 17.2. The minimum atomic E-state index is -3.90. The minimum Gasteiger partial charge on any atom is -0.468 e. The van der Waals surface area contributed by atoms with Gasteiger partial charge in [0.1, 0.15) is 12.3 Å². The molecule has 0 aliphatic heterocycles. The normalized spacial score (nSPS) is 11.3. The van der Waals surface area contributed by atoms with Crippen LogP contribution in [0.5, 0.6) is 0 Å². The van der Waals surface area contributed by atoms with Gasteiger partial charge in [-0.25, -0.2) is 8.42 Å². The number of nitrogens with one attached hydrogen (secondary N) is 1. The van der Waals surface area contributed by atoms with Crippen molar-refractivity contribution in [2.45, 2.75) is 24.0 Å². The van der Waals surface area contributed by atoms with E-state index in [1.165, 1.54) is 0 Å². The number of benzene rings is 2. The van der Waals surface area contributed by atoms with Crippen molar-refractivity contribution < 1.29 is 17.6 Å². The van der Waals surface area contributed by atoms with Crippen molar-refractivity contribution >= 4 is 49.3 Å². The standard InChI is InChI=1S/C23H25BrN2O4S2/c1-18-5-11-22(12-6-18)32(28,29)26(20-9-7-19(24)8-10-20)16-23(27)25-13-3-15-31-17-21-4-2-14-30-21/h2,4-12,14H,3,13,15-17H2,1H3,(H,25,27). The molecule has 0 aliphatic carbocycles. The summed E-state index contributed by atoms with van der Waals surface area (Å²) in [5.41, 5.74) is 1.39. The number of furan rings is 1. The number of carbonyl (C=O) groups is 1. The third-order valence-corrected chi connectivity index (χ3v) is 8.01. The number of thioether (sulfide) groups is 1. The number of amides is 1. The highest BCUT2D eigenvalue weighted by Gasteiger charge is 2.27. The molecule has 3 aromatic rings. The number of hydrogen-bond acceptors (Lipinski definition) is 5. The Bertz CT molecular complexity index is 1100. The Morgan fingerprint density at radius 2 is 1.81 bits per heavy atom. The highest BCUT2D eigenvalue weighted by Crippen LogP contribution is 2.25. The fourth-order valence-electron chi connectivity index (χ4n) is 2.92. The molecule has 0 saturated carbocycles. The molecule has 2 aromatic carbocycles. The van der Waals surface area contributed by atoms with Crippen LogP contribution in [0.15, 0.2) is 80.7 Å². The van der Waals surface area contributed by atoms with Crippen LogP contribution in [0.4, 0.5) is 5.69 Å². The highest BCUT2D eigenvalue weighted by molar-refractivity contribution is 9.10. The van der Waals surface area contributed by atoms with Gasteiger partial charge in [0.15, 0.2) is 0 Å². The first-order chi connectivity index (χ1) is 15.4. The van der Waals surface area contributed by atoms with Gasteiger partial charge in [-0.2, -0.15) is 11.8 Å². The Labute approximate surface area is 201 Å². The van der Waals surface area contributed by atoms with Gasteiger partial charge in [0.25, 0.3) is 10.0 Å². The van der Waals surface area contributed by atoms with Crippen LogP contribution in [0, 0.1) is 6.92 Å². The van der Waals surface area contributed by atoms with E-state index in [2.05, 4.69) is 21.2 Å². The van der Waals surface area contributed by atoms with E-state index < -0.39 is 10.0 Å². The lowest BCUT2D eigenvalue weighted by molar-refractivity contribution is -0.119. The van der Waals surface area contributed by atoms with Gasteiger partial charge in [0.2, 0.25) is 5.91 Å². The summed E-state index contributed by atoms with van der Waals surface area (Å²) in [6.45, 7) is 2.07. The van der Waals surface area contributed by atoms with Crippen LogP contribution in [-0.4, -0.2) is 33.2 Å². The van der Waals surface area contributed by atoms with Crippen molar-refractivity contribution in [3.05, 3.63) is 82.7 Å². The lowest BCUT2D eigenvalue weighted by atomic mass is 10.2. The summed E-state index contributed by atoms with van der Waals surface area (Å²) in [4.78, 5) is 12.7. The molecule has 0 bridgehead atoms. The Balaban J connectivity index is 1.61. The molecule has 9 heteroatoms. The molecule has 1 aromatic heterocycles. The predicted molar refractivity (Wildman–Crippen MR) is 132 cm³/mol. The lowest BCUT2D eigenvalue weighted by Gasteiger charge is -2.24. The molecule has 0 atom stereocenters. The van der Waals surface area contributed by atoms with Crippen molar-refractivity contribution in [2.24, 2.45) is 0 Å². The SMILES string of the molecule is Cc1ccc(S(=O)(=O)N(CC(=O)NCCCSCc2ccco2)c2ccc(Br)cc2)cc1. The smallest absolute Gasteiger partial charge is 0.264 e. The zero-order chi connectivity index (χ0) is 23.0. The molecule has 0 fully saturated rings. The Kier molecular flexibility index (Phi) is 8.84. The first kappa shape index (κ1) is 24.4. The third-order valence-electron chi connectivity index (χ3n) is 4.62. The minimum absolute atomic E-state index is 0.146. The van der Waals surface area contributed by atoms with Crippen LogP contribution in [0.25, 0.3) is 0 Å². The van der Waals surface area contributed by atoms with Gasteiger partial charge in [-0.3, -0.25) is 9.10 Å². The molecule has 32 heavy (non-hydrogen) atoms. The quantitative estimate of drug-likeness (QED) is 0.349. The van der Waals surface area contributed by atoms with E-state index in [4.69, 9.17) is 4.42 Å². The van der Waals surface area contributed by atoms with Crippen molar-refractivity contribution in [3.8, 4) is 0 Å². The Morgan fingerprint density at radius 3 is 2.47 bits per heavy atom. The average molecular weight is 538 g/mol. The number of hydrogen-bond donors (Lipinski definition) is 1. The van der Waals surface area contributed by atoms with Crippen LogP contribution < -0.4 is 9.62 Å². The fourth-order valence-corrected chi connectivity index (χ4v) is 5.46. The van der Waals surface area contributed by atoms with Gasteiger partial charge < -0.3 is 9.73 Å². The predicted octanol–water partition coefficient (Wildman–Crippen LogP) is 4.99. The van der Waals surface area contributed by atoms with Gasteiger partial charge in [0.05, 0.1) is 22.6 Å². The zero-order valence-electron chi connectivity index (χ0n) is 17.7. The van der Waals surface area contributed by atoms with Crippen molar-refractivity contribution in [3.63, 3.8) is 0 Å². The average Bonchev–Trinajstić information content (AvgIpc) is 3.29. The molecule has 170 valence electrons. The molecule has 0 aliphatic rings. The summed E-state index contributed by atoms with van der Waals surface area (Å²) < 4.78 is 33.9. The summed E-state index contributed by atoms with van der Waals surface area (Å²) in [7, 11) is -3.90. The zero-order valence-corrected chi connectivity index (χ0v) is 20.9. The fraction of sp³-hybridized carbons (Fsp3) is 0.261. The second-order valence-corrected chi connectivity index (χ2v) is 11.0. The Hall–Kier alpha value is -2.23. The molecule has 1 heterocycles. The first-order valence-electron chi connectivity index (χ1n) is 10.1. The van der Waals surface area contributed by atoms with Gasteiger partial charge >= 0.3 is 0 Å². The van der Waals surface area contributed by atoms with Gasteiger partial charge in [-0.15, -0.1) is 0 Å². The number of halogens is 1. The summed E-state index contributed by atoms with van der Waals surface area (Å²) in [5, 5.41) is 2.83. The molecule has 3 rings (SSSR count). The van der Waals surface area contributed by atoms with E-state index in [1.807, 2.05) is 19.1 Å². The van der Waals surface area contributed by atoms with Gasteiger partial charge in [0, 0.05) is 11.0 Å². The molecule has 1 amide bonds. The number of nitrogens with zero attached hydrogens (tertiary/aromatic N) is 1. The number of carbonyl (C=O) groups excluding carboxylic acids is 1. The number of aryl methyl sites for hydroxylation is 1. The number of sulfonamides is 1. The molecule has 1 N–H and O–H groups in total. The van der Waals surface area contributed by atoms with E-state index in [1.54, 1.807) is 66.6 Å². The van der Waals surface area contributed by atoms with Gasteiger partial charge in [-0.1, -0.05) is 33.6 Å². The lowest BCUT2D eigenvalue weighted by Crippen LogP contribution is -2.41. The summed E-state index contributed by atoms with van der Waals surface area (Å²) in [5.74, 6) is 2.22. The maximum Gasteiger partial charge on any atom is 0.264 e. The molecular weight excluding hydrogens is 512 g/mol. The highest BCUT2D eigenvalue weighted by atomic mass is 79.9. The second-order valence-electron chi connectivity index (χ2n) is 7.14. The number of anilines is 1. The van der Waals surface area contributed by atoms with Crippen LogP contribution in [0.2, 0.25) is 0 Å². The van der Waals surface area contributed by atoms with E-state index in [0.29, 0.717) is 12.2 Å². The largest absolute Gasteiger partial charge is 0.468 e. The molecular formula is C23H25BrN2O4S2. The summed E-state index contributed by atoms with van der Waals surface area (Å²) >= 11 is 5.08. The van der Waals surface area contributed by atoms with Crippen molar-refractivity contribution in [1.29, 1.82) is 0 Å². The number of rotatable bonds is 11. The molecule has 0 spiro atoms. The van der Waals surface area contributed by atoms with E-state index in [-0.39, 0.29) is 17.3 Å². The molecule has 0 saturated heterocycles. The van der Waals surface area contributed by atoms with E-state index >= 15 is 0 Å². The van der Waals surface area contributed by atoms with Crippen LogP contribution >= 0.6 is 27.7 Å². The van der Waals surface area contributed by atoms with Crippen LogP contribution in [-0.2, 0) is 20.6 Å². The van der Waals surface area contributed by atoms with Gasteiger partial charge in [-0.05, 0) is 67.6 Å². The monoisotopic (exact) mass is 536 g/mol. The second kappa shape index (κ2) is 11.6. The van der Waals surface area contributed by atoms with Crippen molar-refractivity contribution in [2.75, 3.05) is 23.1 Å². The van der Waals surface area contributed by atoms with Crippen molar-refractivity contribution in [1.82, 2.24) is 5.32 Å². The summed E-state index contributed by atoms with van der Waals surface area (Å²) in [6.07, 6.45) is 2.43. The third kappa shape index (κ3) is 6.88. The first-order valence-corrected chi connectivity index (χ1v) is 13.5. The molecule has 6 nitrogen and oxygen atoms in total. The van der Waals surface area contributed by atoms with E-state index in [9.17, 15) is 13.2 Å². The maximum atomic E-state index is 13.3. The molecule has 0 unspecified atom stereocenters. The topological polar surface area (TPSA) is 79.6 Å². The van der Waals surface area contributed by atoms with Crippen LogP contribution in [0.1, 0.15) is 17.7 Å². The van der Waals surface area contributed by atoms with Crippen LogP contribution in [0.3, 0.4) is 0 Å². The van der Waals surface area contributed by atoms with E-state index in [0.717, 1.165) is 38.0 Å². The molecule has 0 radical (unpaired) electrons. The Morgan fingerprint density at radius 1 is 1.09 bits per heavy atom.